The maximum Gasteiger partial charge on any atom is 0.342 e. The predicted molar refractivity (Wildman–Crippen MR) is 134 cm³/mol. The summed E-state index contributed by atoms with van der Waals surface area (Å²) in [5.41, 5.74) is 2.35. The van der Waals surface area contributed by atoms with Gasteiger partial charge in [-0.1, -0.05) is 49.0 Å². The molecule has 1 fully saturated rings. The number of benzene rings is 2. The third kappa shape index (κ3) is 5.05. The summed E-state index contributed by atoms with van der Waals surface area (Å²) in [4.78, 5) is 25.4. The van der Waals surface area contributed by atoms with Crippen molar-refractivity contribution in [3.63, 3.8) is 0 Å². The van der Waals surface area contributed by atoms with Gasteiger partial charge in [0.15, 0.2) is 0 Å². The first-order valence-electron chi connectivity index (χ1n) is 11.4. The molecule has 3 N–H and O–H groups in total. The van der Waals surface area contributed by atoms with Gasteiger partial charge in [0.05, 0.1) is 27.0 Å². The van der Waals surface area contributed by atoms with Crippen molar-refractivity contribution in [2.45, 2.75) is 44.9 Å². The van der Waals surface area contributed by atoms with Gasteiger partial charge in [0, 0.05) is 29.8 Å². The minimum atomic E-state index is -0.483. The maximum absolute atomic E-state index is 12.7. The zero-order valence-corrected chi connectivity index (χ0v) is 20.3. The summed E-state index contributed by atoms with van der Waals surface area (Å²) in [6.07, 6.45) is 5.08. The number of halogens is 2. The number of hydrogen-bond acceptors (Lipinski definition) is 4. The molecule has 1 heterocycles. The lowest BCUT2D eigenvalue weighted by molar-refractivity contribution is 0.102. The van der Waals surface area contributed by atoms with E-state index >= 15 is 0 Å². The van der Waals surface area contributed by atoms with Crippen LogP contribution in [0.5, 0.6) is 5.75 Å². The smallest absolute Gasteiger partial charge is 0.342 e. The van der Waals surface area contributed by atoms with Crippen LogP contribution in [0.15, 0.2) is 42.5 Å². The van der Waals surface area contributed by atoms with E-state index in [1.807, 2.05) is 13.0 Å². The topological polar surface area (TPSA) is 96.3 Å². The number of hydrogen-bond donors (Lipinski definition) is 3. The van der Waals surface area contributed by atoms with Crippen molar-refractivity contribution in [1.82, 2.24) is 15.1 Å². The quantitative estimate of drug-likeness (QED) is 0.362. The molecule has 4 rings (SSSR count). The van der Waals surface area contributed by atoms with E-state index < -0.39 is 5.91 Å². The number of rotatable bonds is 6. The number of anilines is 1. The molecule has 1 aliphatic rings. The molecule has 1 saturated carbocycles. The van der Waals surface area contributed by atoms with E-state index in [0.717, 1.165) is 37.8 Å². The minimum Gasteiger partial charge on any atom is -0.507 e. The van der Waals surface area contributed by atoms with Crippen molar-refractivity contribution in [2.75, 3.05) is 11.9 Å². The molecular formula is C25H26Cl2N4O3. The Balaban J connectivity index is 1.61. The van der Waals surface area contributed by atoms with Gasteiger partial charge in [0.1, 0.15) is 5.75 Å². The summed E-state index contributed by atoms with van der Waals surface area (Å²) in [6, 6.07) is 11.2. The van der Waals surface area contributed by atoms with E-state index in [-0.39, 0.29) is 33.3 Å². The Bertz CT molecular complexity index is 1200. The highest BCUT2D eigenvalue weighted by molar-refractivity contribution is 6.40. The zero-order valence-electron chi connectivity index (χ0n) is 18.8. The lowest BCUT2D eigenvalue weighted by atomic mass is 10.0. The van der Waals surface area contributed by atoms with Gasteiger partial charge < -0.3 is 15.7 Å². The van der Waals surface area contributed by atoms with Crippen LogP contribution in [-0.2, 0) is 0 Å². The van der Waals surface area contributed by atoms with Gasteiger partial charge in [0.2, 0.25) is 0 Å². The van der Waals surface area contributed by atoms with E-state index in [4.69, 9.17) is 23.2 Å². The van der Waals surface area contributed by atoms with E-state index in [1.165, 1.54) is 10.7 Å². The number of carbonyl (C=O) groups excluding carboxylic acids is 2. The Hall–Kier alpha value is -3.03. The summed E-state index contributed by atoms with van der Waals surface area (Å²) in [5.74, 6) is -0.294. The second-order valence-electron chi connectivity index (χ2n) is 8.36. The van der Waals surface area contributed by atoms with Crippen molar-refractivity contribution >= 4 is 40.8 Å². The SMILES string of the molecule is CCCNC(=O)n1nc(-c2ccc(NC(=O)c3c(Cl)cccc3Cl)cc2O)cc1C1CCCC1. The van der Waals surface area contributed by atoms with E-state index in [0.29, 0.717) is 23.5 Å². The fraction of sp³-hybridized carbons (Fsp3) is 0.320. The lowest BCUT2D eigenvalue weighted by Crippen LogP contribution is -2.31. The van der Waals surface area contributed by atoms with Gasteiger partial charge >= 0.3 is 6.03 Å². The summed E-state index contributed by atoms with van der Waals surface area (Å²) >= 11 is 12.2. The number of phenolic OH excluding ortho intramolecular Hbond substituents is 1. The summed E-state index contributed by atoms with van der Waals surface area (Å²) in [5, 5.41) is 21.3. The van der Waals surface area contributed by atoms with Crippen molar-refractivity contribution in [3.05, 3.63) is 63.8 Å². The second kappa shape index (κ2) is 10.5. The van der Waals surface area contributed by atoms with Crippen molar-refractivity contribution < 1.29 is 14.7 Å². The molecule has 0 atom stereocenters. The maximum atomic E-state index is 12.7. The van der Waals surface area contributed by atoms with Crippen LogP contribution in [0.4, 0.5) is 10.5 Å². The van der Waals surface area contributed by atoms with E-state index in [2.05, 4.69) is 15.7 Å². The molecule has 2 amide bonds. The summed E-state index contributed by atoms with van der Waals surface area (Å²) < 4.78 is 1.43. The first kappa shape index (κ1) is 24.1. The lowest BCUT2D eigenvalue weighted by Gasteiger charge is -2.11. The van der Waals surface area contributed by atoms with Crippen molar-refractivity contribution in [2.24, 2.45) is 0 Å². The number of nitrogens with one attached hydrogen (secondary N) is 2. The number of nitrogens with zero attached hydrogens (tertiary/aromatic N) is 2. The standard InChI is InChI=1S/C25H26Cl2N4O3/c1-2-12-28-25(34)31-21(15-6-3-4-7-15)14-20(30-31)17-11-10-16(13-22(17)32)29-24(33)23-18(26)8-5-9-19(23)27/h5,8-11,13-15,32H,2-4,6-7,12H2,1H3,(H,28,34)(H,29,33). The van der Waals surface area contributed by atoms with Crippen LogP contribution in [0, 0.1) is 0 Å². The van der Waals surface area contributed by atoms with Crippen LogP contribution in [-0.4, -0.2) is 33.4 Å². The first-order chi connectivity index (χ1) is 16.4. The first-order valence-corrected chi connectivity index (χ1v) is 12.1. The molecule has 3 aromatic rings. The third-order valence-electron chi connectivity index (χ3n) is 5.95. The molecule has 1 aliphatic carbocycles. The molecular weight excluding hydrogens is 475 g/mol. The molecule has 34 heavy (non-hydrogen) atoms. The van der Waals surface area contributed by atoms with Gasteiger partial charge in [-0.3, -0.25) is 4.79 Å². The Morgan fingerprint density at radius 2 is 1.82 bits per heavy atom. The monoisotopic (exact) mass is 500 g/mol. The third-order valence-corrected chi connectivity index (χ3v) is 6.58. The zero-order chi connectivity index (χ0) is 24.2. The fourth-order valence-corrected chi connectivity index (χ4v) is 4.81. The fourth-order valence-electron chi connectivity index (χ4n) is 4.24. The number of carbonyl (C=O) groups is 2. The summed E-state index contributed by atoms with van der Waals surface area (Å²) in [7, 11) is 0. The molecule has 0 saturated heterocycles. The second-order valence-corrected chi connectivity index (χ2v) is 9.18. The highest BCUT2D eigenvalue weighted by Gasteiger charge is 2.26. The Kier molecular flexibility index (Phi) is 7.44. The predicted octanol–water partition coefficient (Wildman–Crippen LogP) is 6.44. The molecule has 0 radical (unpaired) electrons. The normalized spacial score (nSPS) is 13.7. The van der Waals surface area contributed by atoms with Crippen molar-refractivity contribution in [3.8, 4) is 17.0 Å². The van der Waals surface area contributed by atoms with Crippen LogP contribution < -0.4 is 10.6 Å². The van der Waals surface area contributed by atoms with E-state index in [9.17, 15) is 14.7 Å². The number of phenols is 1. The van der Waals surface area contributed by atoms with Crippen LogP contribution in [0.2, 0.25) is 10.0 Å². The highest BCUT2D eigenvalue weighted by Crippen LogP contribution is 2.38. The number of amides is 2. The van der Waals surface area contributed by atoms with Gasteiger partial charge in [-0.2, -0.15) is 9.78 Å². The molecule has 0 bridgehead atoms. The molecule has 1 aromatic heterocycles. The Labute approximate surface area is 208 Å². The molecule has 0 aliphatic heterocycles. The highest BCUT2D eigenvalue weighted by atomic mass is 35.5. The van der Waals surface area contributed by atoms with Crippen LogP contribution >= 0.6 is 23.2 Å². The average Bonchev–Trinajstić information content (AvgIpc) is 3.47. The van der Waals surface area contributed by atoms with Crippen LogP contribution in [0.1, 0.15) is 61.0 Å². The number of aromatic nitrogens is 2. The molecule has 0 unspecified atom stereocenters. The van der Waals surface area contributed by atoms with Crippen LogP contribution in [0.3, 0.4) is 0 Å². The van der Waals surface area contributed by atoms with Gasteiger partial charge in [-0.15, -0.1) is 0 Å². The Morgan fingerprint density at radius 3 is 2.47 bits per heavy atom. The molecule has 2 aromatic carbocycles. The minimum absolute atomic E-state index is 0.0698. The number of aromatic hydroxyl groups is 1. The van der Waals surface area contributed by atoms with E-state index in [1.54, 1.807) is 30.3 Å². The largest absolute Gasteiger partial charge is 0.507 e. The summed E-state index contributed by atoms with van der Waals surface area (Å²) in [6.45, 7) is 2.55. The van der Waals surface area contributed by atoms with Crippen LogP contribution in [0.25, 0.3) is 11.3 Å². The van der Waals surface area contributed by atoms with Gasteiger partial charge in [-0.05, 0) is 49.6 Å². The molecule has 178 valence electrons. The molecule has 7 nitrogen and oxygen atoms in total. The average molecular weight is 501 g/mol. The molecule has 9 heteroatoms. The van der Waals surface area contributed by atoms with Crippen molar-refractivity contribution in [1.29, 1.82) is 0 Å². The van der Waals surface area contributed by atoms with Gasteiger partial charge in [-0.25, -0.2) is 4.79 Å². The van der Waals surface area contributed by atoms with Gasteiger partial charge in [0.25, 0.3) is 5.91 Å². The molecule has 0 spiro atoms. The Morgan fingerprint density at radius 1 is 1.12 bits per heavy atom.